The molecular formula is C15H22ClFN2. The standard InChI is InChI=1S/C15H22ClFN2/c1-12(11-19-5-3-2-4-6-19)18-10-13-7-14(16)9-15(17)8-13/h7-9,12,18H,2-6,10-11H2,1H3. The minimum Gasteiger partial charge on any atom is -0.309 e. The topological polar surface area (TPSA) is 15.3 Å². The van der Waals surface area contributed by atoms with E-state index in [0.29, 0.717) is 17.6 Å². The molecule has 0 aliphatic carbocycles. The highest BCUT2D eigenvalue weighted by Crippen LogP contribution is 2.14. The third-order valence-corrected chi connectivity index (χ3v) is 3.78. The number of nitrogens with zero attached hydrogens (tertiary/aromatic N) is 1. The van der Waals surface area contributed by atoms with Crippen LogP contribution in [0.3, 0.4) is 0 Å². The van der Waals surface area contributed by atoms with E-state index >= 15 is 0 Å². The van der Waals surface area contributed by atoms with Gasteiger partial charge in [-0.05, 0) is 56.6 Å². The lowest BCUT2D eigenvalue weighted by molar-refractivity contribution is 0.209. The van der Waals surface area contributed by atoms with Crippen LogP contribution < -0.4 is 5.32 Å². The van der Waals surface area contributed by atoms with Crippen LogP contribution in [0.2, 0.25) is 5.02 Å². The highest BCUT2D eigenvalue weighted by Gasteiger charge is 2.13. The molecule has 4 heteroatoms. The van der Waals surface area contributed by atoms with Crippen molar-refractivity contribution in [2.75, 3.05) is 19.6 Å². The Morgan fingerprint density at radius 1 is 1.26 bits per heavy atom. The van der Waals surface area contributed by atoms with Crippen molar-refractivity contribution in [1.29, 1.82) is 0 Å². The summed E-state index contributed by atoms with van der Waals surface area (Å²) in [5.41, 5.74) is 0.899. The number of nitrogens with one attached hydrogen (secondary N) is 1. The summed E-state index contributed by atoms with van der Waals surface area (Å²) in [5, 5.41) is 3.89. The van der Waals surface area contributed by atoms with Gasteiger partial charge in [0.1, 0.15) is 5.82 Å². The van der Waals surface area contributed by atoms with Gasteiger partial charge in [-0.3, -0.25) is 0 Å². The van der Waals surface area contributed by atoms with Gasteiger partial charge in [-0.15, -0.1) is 0 Å². The zero-order chi connectivity index (χ0) is 13.7. The smallest absolute Gasteiger partial charge is 0.125 e. The summed E-state index contributed by atoms with van der Waals surface area (Å²) in [5.74, 6) is -0.270. The molecular weight excluding hydrogens is 263 g/mol. The molecule has 0 amide bonds. The van der Waals surface area contributed by atoms with Crippen molar-refractivity contribution in [3.05, 3.63) is 34.6 Å². The molecule has 1 aromatic carbocycles. The largest absolute Gasteiger partial charge is 0.309 e. The molecule has 1 aliphatic heterocycles. The van der Waals surface area contributed by atoms with Gasteiger partial charge < -0.3 is 10.2 Å². The summed E-state index contributed by atoms with van der Waals surface area (Å²) < 4.78 is 13.2. The molecule has 0 spiro atoms. The fourth-order valence-corrected chi connectivity index (χ4v) is 2.84. The quantitative estimate of drug-likeness (QED) is 0.891. The van der Waals surface area contributed by atoms with Gasteiger partial charge in [0.05, 0.1) is 0 Å². The van der Waals surface area contributed by atoms with Crippen LogP contribution in [-0.4, -0.2) is 30.6 Å². The van der Waals surface area contributed by atoms with Gasteiger partial charge in [-0.1, -0.05) is 18.0 Å². The molecule has 2 nitrogen and oxygen atoms in total. The maximum absolute atomic E-state index is 13.2. The van der Waals surface area contributed by atoms with Crippen LogP contribution in [-0.2, 0) is 6.54 Å². The van der Waals surface area contributed by atoms with E-state index < -0.39 is 0 Å². The summed E-state index contributed by atoms with van der Waals surface area (Å²) in [6.07, 6.45) is 3.98. The van der Waals surface area contributed by atoms with Crippen LogP contribution in [0.1, 0.15) is 31.7 Å². The molecule has 19 heavy (non-hydrogen) atoms. The van der Waals surface area contributed by atoms with E-state index in [9.17, 15) is 4.39 Å². The number of piperidine rings is 1. The second kappa shape index (κ2) is 7.22. The molecule has 0 bridgehead atoms. The summed E-state index contributed by atoms with van der Waals surface area (Å²) in [6, 6.07) is 5.08. The Morgan fingerprint density at radius 3 is 2.68 bits per heavy atom. The molecule has 1 fully saturated rings. The Bertz CT molecular complexity index is 385. The molecule has 1 unspecified atom stereocenters. The van der Waals surface area contributed by atoms with Crippen molar-refractivity contribution in [3.8, 4) is 0 Å². The highest BCUT2D eigenvalue weighted by molar-refractivity contribution is 6.30. The number of benzene rings is 1. The first-order valence-corrected chi connectivity index (χ1v) is 7.42. The van der Waals surface area contributed by atoms with Gasteiger partial charge in [-0.25, -0.2) is 4.39 Å². The summed E-state index contributed by atoms with van der Waals surface area (Å²) in [6.45, 7) is 6.31. The van der Waals surface area contributed by atoms with Crippen LogP contribution in [0.5, 0.6) is 0 Å². The number of halogens is 2. The van der Waals surface area contributed by atoms with Crippen LogP contribution in [0, 0.1) is 5.82 Å². The molecule has 106 valence electrons. The zero-order valence-electron chi connectivity index (χ0n) is 11.5. The third-order valence-electron chi connectivity index (χ3n) is 3.56. The molecule has 1 atom stereocenters. The van der Waals surface area contributed by atoms with E-state index in [1.165, 1.54) is 44.5 Å². The third kappa shape index (κ3) is 5.09. The van der Waals surface area contributed by atoms with E-state index in [2.05, 4.69) is 17.1 Å². The Kier molecular flexibility index (Phi) is 5.61. The van der Waals surface area contributed by atoms with Crippen molar-refractivity contribution >= 4 is 11.6 Å². The number of likely N-dealkylation sites (tertiary alicyclic amines) is 1. The van der Waals surface area contributed by atoms with Crippen LogP contribution in [0.4, 0.5) is 4.39 Å². The summed E-state index contributed by atoms with van der Waals surface area (Å²) in [7, 11) is 0. The average molecular weight is 285 g/mol. The van der Waals surface area contributed by atoms with E-state index in [-0.39, 0.29) is 5.82 Å². The molecule has 0 saturated carbocycles. The minimum absolute atomic E-state index is 0.270. The first-order chi connectivity index (χ1) is 9.13. The lowest BCUT2D eigenvalue weighted by Gasteiger charge is -2.29. The van der Waals surface area contributed by atoms with E-state index in [0.717, 1.165) is 12.1 Å². The fraction of sp³-hybridized carbons (Fsp3) is 0.600. The summed E-state index contributed by atoms with van der Waals surface area (Å²) in [4.78, 5) is 2.50. The highest BCUT2D eigenvalue weighted by atomic mass is 35.5. The van der Waals surface area contributed by atoms with Gasteiger partial charge >= 0.3 is 0 Å². The Balaban J connectivity index is 1.77. The molecule has 0 radical (unpaired) electrons. The number of hydrogen-bond donors (Lipinski definition) is 1. The second-order valence-corrected chi connectivity index (χ2v) is 5.86. The van der Waals surface area contributed by atoms with Crippen molar-refractivity contribution in [2.45, 2.75) is 38.8 Å². The van der Waals surface area contributed by atoms with Crippen LogP contribution in [0.15, 0.2) is 18.2 Å². The van der Waals surface area contributed by atoms with Crippen molar-refractivity contribution in [1.82, 2.24) is 10.2 Å². The SMILES string of the molecule is CC(CN1CCCCC1)NCc1cc(F)cc(Cl)c1. The lowest BCUT2D eigenvalue weighted by atomic mass is 10.1. The molecule has 2 rings (SSSR count). The second-order valence-electron chi connectivity index (χ2n) is 5.42. The fourth-order valence-electron chi connectivity index (χ4n) is 2.60. The van der Waals surface area contributed by atoms with Gasteiger partial charge in [0.15, 0.2) is 0 Å². The van der Waals surface area contributed by atoms with Gasteiger partial charge in [-0.2, -0.15) is 0 Å². The van der Waals surface area contributed by atoms with E-state index in [1.807, 2.05) is 6.07 Å². The maximum Gasteiger partial charge on any atom is 0.125 e. The lowest BCUT2D eigenvalue weighted by Crippen LogP contribution is -2.41. The molecule has 1 heterocycles. The van der Waals surface area contributed by atoms with E-state index in [4.69, 9.17) is 11.6 Å². The molecule has 1 aromatic rings. The van der Waals surface area contributed by atoms with Crippen LogP contribution >= 0.6 is 11.6 Å². The van der Waals surface area contributed by atoms with E-state index in [1.54, 1.807) is 0 Å². The molecule has 1 aliphatic rings. The minimum atomic E-state index is -0.270. The normalized spacial score (nSPS) is 18.5. The molecule has 0 aromatic heterocycles. The number of hydrogen-bond acceptors (Lipinski definition) is 2. The zero-order valence-corrected chi connectivity index (χ0v) is 12.2. The summed E-state index contributed by atoms with van der Waals surface area (Å²) >= 11 is 5.85. The Labute approximate surface area is 119 Å². The van der Waals surface area contributed by atoms with Gasteiger partial charge in [0.25, 0.3) is 0 Å². The van der Waals surface area contributed by atoms with Gasteiger partial charge in [0, 0.05) is 24.2 Å². The van der Waals surface area contributed by atoms with Crippen molar-refractivity contribution < 1.29 is 4.39 Å². The average Bonchev–Trinajstić information content (AvgIpc) is 2.36. The van der Waals surface area contributed by atoms with Gasteiger partial charge in [0.2, 0.25) is 0 Å². The van der Waals surface area contributed by atoms with Crippen molar-refractivity contribution in [2.24, 2.45) is 0 Å². The number of rotatable bonds is 5. The van der Waals surface area contributed by atoms with Crippen LogP contribution in [0.25, 0.3) is 0 Å². The first kappa shape index (κ1) is 14.8. The Morgan fingerprint density at radius 2 is 2.00 bits per heavy atom. The predicted octanol–water partition coefficient (Wildman–Crippen LogP) is 3.44. The monoisotopic (exact) mass is 284 g/mol. The maximum atomic E-state index is 13.2. The molecule has 1 saturated heterocycles. The van der Waals surface area contributed by atoms with Crippen molar-refractivity contribution in [3.63, 3.8) is 0 Å². The molecule has 1 N–H and O–H groups in total. The predicted molar refractivity (Wildman–Crippen MR) is 78.0 cm³/mol. The Hall–Kier alpha value is -0.640. The first-order valence-electron chi connectivity index (χ1n) is 7.04.